The van der Waals surface area contributed by atoms with Crippen molar-refractivity contribution in [2.75, 3.05) is 6.61 Å². The van der Waals surface area contributed by atoms with Gasteiger partial charge in [-0.2, -0.15) is 0 Å². The largest absolute Gasteiger partial charge is 0.393 e. The van der Waals surface area contributed by atoms with Crippen molar-refractivity contribution in [2.45, 2.75) is 30.3 Å². The molecule has 0 aromatic carbocycles. The molecule has 7 nitrogen and oxygen atoms in total. The summed E-state index contributed by atoms with van der Waals surface area (Å²) >= 11 is 0. The predicted molar refractivity (Wildman–Crippen MR) is 39.1 cm³/mol. The first-order valence-electron chi connectivity index (χ1n) is 3.73. The molecule has 7 N–H and O–H groups in total. The summed E-state index contributed by atoms with van der Waals surface area (Å²) < 4.78 is 4.55. The van der Waals surface area contributed by atoms with E-state index in [1.807, 2.05) is 0 Å². The van der Waals surface area contributed by atoms with E-state index in [0.717, 1.165) is 0 Å². The molecule has 1 aliphatic heterocycles. The second kappa shape index (κ2) is 3.46. The molecule has 0 bridgehead atoms. The van der Waals surface area contributed by atoms with Crippen LogP contribution in [-0.4, -0.2) is 62.5 Å². The van der Waals surface area contributed by atoms with Crippen LogP contribution in [0.4, 0.5) is 0 Å². The maximum atomic E-state index is 9.36. The summed E-state index contributed by atoms with van der Waals surface area (Å²) in [7, 11) is 0. The lowest BCUT2D eigenvalue weighted by Gasteiger charge is -2.44. The van der Waals surface area contributed by atoms with Crippen LogP contribution < -0.4 is 5.73 Å². The van der Waals surface area contributed by atoms with E-state index < -0.39 is 36.9 Å². The standard InChI is InChI=1S/C6H13NO6/c7-6(12)2(1-8)13-5(11)3(9)4(6)10/h2-5,8-12H,1,7H2/t2-,3+,4-,5+,6-/m1/s1. The highest BCUT2D eigenvalue weighted by molar-refractivity contribution is 4.97. The summed E-state index contributed by atoms with van der Waals surface area (Å²) in [6, 6.07) is 0. The fraction of sp³-hybridized carbons (Fsp3) is 1.00. The Morgan fingerprint density at radius 3 is 2.31 bits per heavy atom. The summed E-state index contributed by atoms with van der Waals surface area (Å²) in [6.45, 7) is -0.673. The zero-order valence-corrected chi connectivity index (χ0v) is 6.74. The minimum absolute atomic E-state index is 0.673. The van der Waals surface area contributed by atoms with Crippen LogP contribution in [0, 0.1) is 0 Å². The highest BCUT2D eigenvalue weighted by Crippen LogP contribution is 2.24. The van der Waals surface area contributed by atoms with Gasteiger partial charge in [0.2, 0.25) is 0 Å². The van der Waals surface area contributed by atoms with Crippen LogP contribution in [0.5, 0.6) is 0 Å². The number of rotatable bonds is 1. The summed E-state index contributed by atoms with van der Waals surface area (Å²) in [5.74, 6) is 0. The van der Waals surface area contributed by atoms with Crippen LogP contribution in [0.3, 0.4) is 0 Å². The van der Waals surface area contributed by atoms with Crippen LogP contribution in [0.1, 0.15) is 0 Å². The van der Waals surface area contributed by atoms with E-state index in [-0.39, 0.29) is 0 Å². The second-order valence-electron chi connectivity index (χ2n) is 3.02. The number of aliphatic hydroxyl groups is 5. The molecule has 0 saturated carbocycles. The Bertz CT molecular complexity index is 182. The Morgan fingerprint density at radius 2 is 1.85 bits per heavy atom. The number of nitrogens with two attached hydrogens (primary N) is 1. The maximum Gasteiger partial charge on any atom is 0.184 e. The van der Waals surface area contributed by atoms with Crippen molar-refractivity contribution >= 4 is 0 Å². The molecule has 0 radical (unpaired) electrons. The second-order valence-corrected chi connectivity index (χ2v) is 3.02. The number of hydrogen-bond donors (Lipinski definition) is 6. The lowest BCUT2D eigenvalue weighted by atomic mass is 9.93. The van der Waals surface area contributed by atoms with Crippen molar-refractivity contribution in [3.8, 4) is 0 Å². The zero-order chi connectivity index (χ0) is 10.2. The number of aliphatic hydroxyl groups excluding tert-OH is 4. The minimum Gasteiger partial charge on any atom is -0.393 e. The molecule has 1 rings (SSSR count). The van der Waals surface area contributed by atoms with Crippen LogP contribution >= 0.6 is 0 Å². The summed E-state index contributed by atoms with van der Waals surface area (Å²) in [4.78, 5) is 0. The lowest BCUT2D eigenvalue weighted by Crippen LogP contribution is -2.71. The third-order valence-corrected chi connectivity index (χ3v) is 2.07. The van der Waals surface area contributed by atoms with Gasteiger partial charge in [-0.15, -0.1) is 0 Å². The first-order chi connectivity index (χ1) is 5.91. The van der Waals surface area contributed by atoms with Gasteiger partial charge in [0, 0.05) is 0 Å². The molecule has 0 amide bonds. The summed E-state index contributed by atoms with van der Waals surface area (Å²) in [5.41, 5.74) is 2.91. The Kier molecular flexibility index (Phi) is 2.88. The molecule has 13 heavy (non-hydrogen) atoms. The molecular formula is C6H13NO6. The molecule has 0 aliphatic carbocycles. The monoisotopic (exact) mass is 195 g/mol. The van der Waals surface area contributed by atoms with Crippen molar-refractivity contribution in [2.24, 2.45) is 5.73 Å². The number of hydrogen-bond acceptors (Lipinski definition) is 7. The van der Waals surface area contributed by atoms with Crippen LogP contribution in [0.25, 0.3) is 0 Å². The Labute approximate surface area is 74.0 Å². The highest BCUT2D eigenvalue weighted by atomic mass is 16.6. The minimum atomic E-state index is -2.27. The van der Waals surface area contributed by atoms with Crippen LogP contribution in [-0.2, 0) is 4.74 Å². The van der Waals surface area contributed by atoms with Crippen molar-refractivity contribution in [3.63, 3.8) is 0 Å². The predicted octanol–water partition coefficient (Wildman–Crippen LogP) is -3.93. The molecule has 0 spiro atoms. The van der Waals surface area contributed by atoms with Gasteiger partial charge >= 0.3 is 0 Å². The zero-order valence-electron chi connectivity index (χ0n) is 6.74. The van der Waals surface area contributed by atoms with Gasteiger partial charge in [-0.05, 0) is 0 Å². The Hall–Kier alpha value is -0.280. The van der Waals surface area contributed by atoms with Crippen molar-refractivity contribution in [1.29, 1.82) is 0 Å². The molecule has 0 aromatic rings. The van der Waals surface area contributed by atoms with E-state index in [1.54, 1.807) is 0 Å². The molecule has 1 heterocycles. The van der Waals surface area contributed by atoms with E-state index >= 15 is 0 Å². The summed E-state index contributed by atoms with van der Waals surface area (Å²) in [5, 5.41) is 45.3. The molecule has 0 unspecified atom stereocenters. The first-order valence-corrected chi connectivity index (χ1v) is 3.73. The lowest BCUT2D eigenvalue weighted by molar-refractivity contribution is -0.319. The SMILES string of the molecule is N[C@]1(O)[C@H](O)[C@H](O)[C@@H](O)O[C@@H]1CO. The smallest absolute Gasteiger partial charge is 0.184 e. The molecule has 0 aromatic heterocycles. The van der Waals surface area contributed by atoms with Crippen LogP contribution in [0.15, 0.2) is 0 Å². The van der Waals surface area contributed by atoms with Gasteiger partial charge in [-0.25, -0.2) is 0 Å². The van der Waals surface area contributed by atoms with E-state index in [0.29, 0.717) is 0 Å². The highest BCUT2D eigenvalue weighted by Gasteiger charge is 2.51. The molecule has 5 atom stereocenters. The van der Waals surface area contributed by atoms with Gasteiger partial charge in [0.15, 0.2) is 12.0 Å². The van der Waals surface area contributed by atoms with Gasteiger partial charge in [0.1, 0.15) is 18.3 Å². The van der Waals surface area contributed by atoms with Crippen molar-refractivity contribution < 1.29 is 30.3 Å². The third kappa shape index (κ3) is 1.67. The molecule has 1 fully saturated rings. The van der Waals surface area contributed by atoms with E-state index in [4.69, 9.17) is 21.1 Å². The van der Waals surface area contributed by atoms with Gasteiger partial charge in [0.05, 0.1) is 6.61 Å². The fourth-order valence-corrected chi connectivity index (χ4v) is 1.17. The van der Waals surface area contributed by atoms with Crippen molar-refractivity contribution in [1.82, 2.24) is 0 Å². The van der Waals surface area contributed by atoms with Gasteiger partial charge in [-0.1, -0.05) is 0 Å². The average molecular weight is 195 g/mol. The van der Waals surface area contributed by atoms with E-state index in [2.05, 4.69) is 4.74 Å². The molecule has 7 heteroatoms. The fourth-order valence-electron chi connectivity index (χ4n) is 1.17. The average Bonchev–Trinajstić information content (AvgIpc) is 2.08. The first kappa shape index (κ1) is 10.8. The Morgan fingerprint density at radius 1 is 1.31 bits per heavy atom. The number of ether oxygens (including phenoxy) is 1. The van der Waals surface area contributed by atoms with E-state index in [1.165, 1.54) is 0 Å². The van der Waals surface area contributed by atoms with Gasteiger partial charge in [-0.3, -0.25) is 5.73 Å². The van der Waals surface area contributed by atoms with Crippen molar-refractivity contribution in [3.05, 3.63) is 0 Å². The quantitative estimate of drug-likeness (QED) is 0.235. The molecule has 78 valence electrons. The normalized spacial score (nSPS) is 52.2. The maximum absolute atomic E-state index is 9.36. The van der Waals surface area contributed by atoms with Crippen LogP contribution in [0.2, 0.25) is 0 Å². The van der Waals surface area contributed by atoms with Gasteiger partial charge < -0.3 is 30.3 Å². The summed E-state index contributed by atoms with van der Waals surface area (Å²) in [6.07, 6.45) is -6.47. The molecular weight excluding hydrogens is 182 g/mol. The van der Waals surface area contributed by atoms with Gasteiger partial charge in [0.25, 0.3) is 0 Å². The Balaban J connectivity index is 2.82. The third-order valence-electron chi connectivity index (χ3n) is 2.07. The molecule has 1 aliphatic rings. The molecule has 1 saturated heterocycles. The van der Waals surface area contributed by atoms with E-state index in [9.17, 15) is 10.2 Å². The topological polar surface area (TPSA) is 136 Å².